The van der Waals surface area contributed by atoms with Gasteiger partial charge >= 0.3 is 5.97 Å². The van der Waals surface area contributed by atoms with Crippen LogP contribution in [0.25, 0.3) is 11.3 Å². The first-order valence-electron chi connectivity index (χ1n) is 11.8. The third kappa shape index (κ3) is 7.07. The third-order valence-corrected chi connectivity index (χ3v) is 6.30. The lowest BCUT2D eigenvalue weighted by atomic mass is 9.91. The maximum absolute atomic E-state index is 13.5. The largest absolute Gasteiger partial charge is 0.478 e. The molecule has 4 aromatic rings. The second-order valence-electron chi connectivity index (χ2n) is 8.64. The molecule has 0 bridgehead atoms. The zero-order valence-corrected chi connectivity index (χ0v) is 22.0. The van der Waals surface area contributed by atoms with Crippen LogP contribution in [-0.4, -0.2) is 22.0 Å². The smallest absolute Gasteiger partial charge is 0.335 e. The van der Waals surface area contributed by atoms with Crippen LogP contribution in [0.4, 0.5) is 11.4 Å². The van der Waals surface area contributed by atoms with Crippen LogP contribution in [0.5, 0.6) is 0 Å². The van der Waals surface area contributed by atoms with Crippen LogP contribution in [0.15, 0.2) is 101 Å². The molecule has 1 heterocycles. The molecule has 0 saturated carbocycles. The fourth-order valence-corrected chi connectivity index (χ4v) is 4.27. The first-order chi connectivity index (χ1) is 18.7. The molecule has 8 nitrogen and oxygen atoms in total. The van der Waals surface area contributed by atoms with Gasteiger partial charge < -0.3 is 26.5 Å². The number of aromatic nitrogens is 1. The Balaban J connectivity index is 1.69. The zero-order chi connectivity index (χ0) is 27.9. The minimum absolute atomic E-state index is 0.0482. The minimum Gasteiger partial charge on any atom is -0.478 e. The average molecular weight is 563 g/mol. The van der Waals surface area contributed by atoms with Gasteiger partial charge in [0, 0.05) is 46.0 Å². The lowest BCUT2D eigenvalue weighted by Crippen LogP contribution is -2.27. The van der Waals surface area contributed by atoms with E-state index in [1.165, 1.54) is 42.7 Å². The van der Waals surface area contributed by atoms with E-state index in [2.05, 4.69) is 15.6 Å². The highest BCUT2D eigenvalue weighted by Gasteiger charge is 2.25. The molecule has 0 spiro atoms. The summed E-state index contributed by atoms with van der Waals surface area (Å²) in [6.07, 6.45) is 3.20. The molecule has 1 amide bonds. The SMILES string of the molecule is N/C(Cl)=C\Nc1ccc(Cl)cc1-c1cc(=O)c(C(Cc2ccccc2)C(=O)Nc2ccc(C(=O)O)cc2)c[nH]1. The summed E-state index contributed by atoms with van der Waals surface area (Å²) in [6.45, 7) is 0. The number of carboxylic acids is 1. The van der Waals surface area contributed by atoms with Gasteiger partial charge in [0.2, 0.25) is 5.91 Å². The van der Waals surface area contributed by atoms with Gasteiger partial charge in [-0.3, -0.25) is 9.59 Å². The van der Waals surface area contributed by atoms with Crippen molar-refractivity contribution in [3.63, 3.8) is 0 Å². The summed E-state index contributed by atoms with van der Waals surface area (Å²) in [5.41, 5.74) is 8.50. The van der Waals surface area contributed by atoms with E-state index in [-0.39, 0.29) is 28.1 Å². The van der Waals surface area contributed by atoms with Crippen LogP contribution < -0.4 is 21.8 Å². The number of nitrogens with one attached hydrogen (secondary N) is 3. The quantitative estimate of drug-likeness (QED) is 0.164. The molecule has 10 heteroatoms. The molecule has 0 aliphatic rings. The number of carboxylic acid groups (broad SMARTS) is 1. The minimum atomic E-state index is -1.07. The van der Waals surface area contributed by atoms with Crippen LogP contribution in [0.1, 0.15) is 27.4 Å². The van der Waals surface area contributed by atoms with Gasteiger partial charge in [0.15, 0.2) is 5.43 Å². The molecule has 0 aliphatic carbocycles. The van der Waals surface area contributed by atoms with E-state index in [0.717, 1.165) is 5.56 Å². The van der Waals surface area contributed by atoms with Gasteiger partial charge in [0.05, 0.1) is 17.2 Å². The number of benzene rings is 3. The van der Waals surface area contributed by atoms with Crippen LogP contribution in [0, 0.1) is 0 Å². The normalized spacial score (nSPS) is 12.0. The van der Waals surface area contributed by atoms with E-state index < -0.39 is 17.8 Å². The fourth-order valence-electron chi connectivity index (χ4n) is 4.04. The molecule has 198 valence electrons. The Hall–Kier alpha value is -4.53. The number of halogens is 2. The van der Waals surface area contributed by atoms with Crippen LogP contribution in [0.2, 0.25) is 5.02 Å². The Bertz CT molecular complexity index is 1580. The number of carbonyl (C=O) groups excluding carboxylic acids is 1. The molecule has 1 aromatic heterocycles. The molecule has 0 saturated heterocycles. The van der Waals surface area contributed by atoms with Gasteiger partial charge in [-0.15, -0.1) is 0 Å². The van der Waals surface area contributed by atoms with E-state index in [1.807, 2.05) is 30.3 Å². The third-order valence-electron chi connectivity index (χ3n) is 5.95. The van der Waals surface area contributed by atoms with Crippen molar-refractivity contribution >= 4 is 46.5 Å². The highest BCUT2D eigenvalue weighted by atomic mass is 35.5. The summed E-state index contributed by atoms with van der Waals surface area (Å²) >= 11 is 12.0. The Morgan fingerprint density at radius 1 is 1.03 bits per heavy atom. The number of rotatable bonds is 9. The molecule has 0 radical (unpaired) electrons. The highest BCUT2D eigenvalue weighted by Crippen LogP contribution is 2.30. The van der Waals surface area contributed by atoms with Gasteiger partial charge in [-0.25, -0.2) is 4.79 Å². The predicted molar refractivity (Wildman–Crippen MR) is 154 cm³/mol. The van der Waals surface area contributed by atoms with Crippen molar-refractivity contribution in [2.45, 2.75) is 12.3 Å². The van der Waals surface area contributed by atoms with Gasteiger partial charge in [-0.2, -0.15) is 0 Å². The molecule has 6 N–H and O–H groups in total. The molecule has 3 aromatic carbocycles. The lowest BCUT2D eigenvalue weighted by Gasteiger charge is -2.18. The number of nitrogens with two attached hydrogens (primary N) is 1. The summed E-state index contributed by atoms with van der Waals surface area (Å²) in [7, 11) is 0. The number of aromatic carboxylic acids is 1. The molecule has 0 fully saturated rings. The van der Waals surface area contributed by atoms with Crippen LogP contribution in [0.3, 0.4) is 0 Å². The maximum Gasteiger partial charge on any atom is 0.335 e. The van der Waals surface area contributed by atoms with Crippen molar-refractivity contribution in [2.24, 2.45) is 5.73 Å². The number of aromatic amines is 1. The second kappa shape index (κ2) is 12.3. The number of anilines is 2. The Labute approximate surface area is 234 Å². The van der Waals surface area contributed by atoms with Crippen molar-refractivity contribution in [1.29, 1.82) is 0 Å². The van der Waals surface area contributed by atoms with E-state index in [4.69, 9.17) is 34.0 Å². The van der Waals surface area contributed by atoms with Gasteiger partial charge in [0.25, 0.3) is 0 Å². The first kappa shape index (κ1) is 27.5. The van der Waals surface area contributed by atoms with Gasteiger partial charge in [-0.1, -0.05) is 53.5 Å². The van der Waals surface area contributed by atoms with Crippen LogP contribution in [-0.2, 0) is 11.2 Å². The van der Waals surface area contributed by atoms with E-state index in [9.17, 15) is 14.4 Å². The highest BCUT2D eigenvalue weighted by molar-refractivity contribution is 6.31. The number of H-pyrrole nitrogens is 1. The Kier molecular flexibility index (Phi) is 8.70. The summed E-state index contributed by atoms with van der Waals surface area (Å²) < 4.78 is 0. The Morgan fingerprint density at radius 3 is 2.38 bits per heavy atom. The summed E-state index contributed by atoms with van der Waals surface area (Å²) in [6, 6.07) is 21.6. The van der Waals surface area contributed by atoms with Crippen LogP contribution >= 0.6 is 23.2 Å². The van der Waals surface area contributed by atoms with Gasteiger partial charge in [-0.05, 0) is 54.4 Å². The zero-order valence-electron chi connectivity index (χ0n) is 20.4. The summed E-state index contributed by atoms with van der Waals surface area (Å²) in [4.78, 5) is 41.1. The molecule has 0 aliphatic heterocycles. The first-order valence-corrected chi connectivity index (χ1v) is 12.5. The predicted octanol–water partition coefficient (Wildman–Crippen LogP) is 5.77. The van der Waals surface area contributed by atoms with E-state index in [0.29, 0.717) is 27.7 Å². The van der Waals surface area contributed by atoms with Crippen molar-refractivity contribution in [3.8, 4) is 11.3 Å². The Morgan fingerprint density at radius 2 is 1.74 bits per heavy atom. The van der Waals surface area contributed by atoms with E-state index >= 15 is 0 Å². The number of hydrogen-bond acceptors (Lipinski definition) is 5. The number of amides is 1. The molecule has 1 unspecified atom stereocenters. The summed E-state index contributed by atoms with van der Waals surface area (Å²) in [5.74, 6) is -2.31. The maximum atomic E-state index is 13.5. The molecule has 4 rings (SSSR count). The molecular formula is C29H24Cl2N4O4. The van der Waals surface area contributed by atoms with Crippen molar-refractivity contribution < 1.29 is 14.7 Å². The van der Waals surface area contributed by atoms with Crippen molar-refractivity contribution in [3.05, 3.63) is 128 Å². The van der Waals surface area contributed by atoms with Crippen molar-refractivity contribution in [1.82, 2.24) is 4.98 Å². The fraction of sp³-hybridized carbons (Fsp3) is 0.0690. The lowest BCUT2D eigenvalue weighted by molar-refractivity contribution is -0.117. The van der Waals surface area contributed by atoms with E-state index in [1.54, 1.807) is 18.2 Å². The van der Waals surface area contributed by atoms with Crippen molar-refractivity contribution in [2.75, 3.05) is 10.6 Å². The second-order valence-corrected chi connectivity index (χ2v) is 9.52. The number of carbonyl (C=O) groups is 2. The monoisotopic (exact) mass is 562 g/mol. The average Bonchev–Trinajstić information content (AvgIpc) is 2.92. The number of hydrogen-bond donors (Lipinski definition) is 5. The topological polar surface area (TPSA) is 137 Å². The molecule has 39 heavy (non-hydrogen) atoms. The standard InChI is InChI=1S/C29H24Cl2N4O4/c30-19-8-11-24(34-16-27(31)32)22(13-19)25-14-26(36)23(15-33-25)21(12-17-4-2-1-3-5-17)28(37)35-20-9-6-18(7-10-20)29(38)39/h1-11,13-16,21,34H,12,32H2,(H,33,36)(H,35,37)(H,38,39)/b27-16-. The van der Waals surface area contributed by atoms with Gasteiger partial charge in [0.1, 0.15) is 5.16 Å². The molecular weight excluding hydrogens is 539 g/mol. The number of pyridine rings is 1. The summed E-state index contributed by atoms with van der Waals surface area (Å²) in [5, 5.41) is 15.4. The molecule has 1 atom stereocenters.